The molecule has 0 aliphatic rings. The molecule has 5 nitrogen and oxygen atoms in total. The van der Waals surface area contributed by atoms with Gasteiger partial charge in [0.25, 0.3) is 0 Å². The molecule has 0 saturated heterocycles. The highest BCUT2D eigenvalue weighted by Gasteiger charge is 2.19. The van der Waals surface area contributed by atoms with Crippen LogP contribution in [0.25, 0.3) is 0 Å². The second-order valence-corrected chi connectivity index (χ2v) is 9.31. The van der Waals surface area contributed by atoms with E-state index in [0.29, 0.717) is 17.8 Å². The summed E-state index contributed by atoms with van der Waals surface area (Å²) in [6, 6.07) is 4.71. The molecule has 1 aromatic rings. The van der Waals surface area contributed by atoms with Gasteiger partial charge in [0.1, 0.15) is 5.78 Å². The standard InChI is InChI=1S/C28H44O5/c1-23(29)19-16-14-12-10-8-6-4-2-3-5-7-9-11-13-15-17-20-24-21-18-22-25(27(30)31)26(24)28(32)33/h18,21-22H,2-17,19-20H2,1H3,(H,30,31)(H,32,33). The molecule has 33 heavy (non-hydrogen) atoms. The van der Waals surface area contributed by atoms with Crippen LogP contribution >= 0.6 is 0 Å². The first-order valence-electron chi connectivity index (χ1n) is 13.0. The van der Waals surface area contributed by atoms with E-state index in [1.54, 1.807) is 19.1 Å². The average molecular weight is 461 g/mol. The molecule has 0 unspecified atom stereocenters. The maximum Gasteiger partial charge on any atom is 0.336 e. The Bertz CT molecular complexity index is 710. The third-order valence-corrected chi connectivity index (χ3v) is 6.32. The van der Waals surface area contributed by atoms with Gasteiger partial charge in [-0.05, 0) is 37.8 Å². The van der Waals surface area contributed by atoms with Crippen molar-refractivity contribution in [3.8, 4) is 0 Å². The Balaban J connectivity index is 1.95. The molecule has 186 valence electrons. The summed E-state index contributed by atoms with van der Waals surface area (Å²) >= 11 is 0. The monoisotopic (exact) mass is 460 g/mol. The maximum atomic E-state index is 11.5. The number of hydrogen-bond donors (Lipinski definition) is 2. The lowest BCUT2D eigenvalue weighted by atomic mass is 9.96. The predicted molar refractivity (Wildman–Crippen MR) is 133 cm³/mol. The zero-order valence-electron chi connectivity index (χ0n) is 20.6. The van der Waals surface area contributed by atoms with Crippen LogP contribution < -0.4 is 0 Å². The van der Waals surface area contributed by atoms with E-state index >= 15 is 0 Å². The fraction of sp³-hybridized carbons (Fsp3) is 0.679. The van der Waals surface area contributed by atoms with Crippen LogP contribution in [0.1, 0.15) is 142 Å². The van der Waals surface area contributed by atoms with Crippen LogP contribution in [-0.4, -0.2) is 27.9 Å². The summed E-state index contributed by atoms with van der Waals surface area (Å²) in [5.74, 6) is -2.04. The van der Waals surface area contributed by atoms with E-state index in [9.17, 15) is 24.6 Å². The first-order chi connectivity index (χ1) is 15.9. The maximum absolute atomic E-state index is 11.5. The molecule has 0 spiro atoms. The number of carbonyl (C=O) groups is 3. The molecular weight excluding hydrogens is 416 g/mol. The largest absolute Gasteiger partial charge is 0.478 e. The van der Waals surface area contributed by atoms with Gasteiger partial charge in [0.2, 0.25) is 0 Å². The normalized spacial score (nSPS) is 10.9. The molecule has 0 radical (unpaired) electrons. The number of aryl methyl sites for hydroxylation is 1. The molecule has 0 aliphatic carbocycles. The quantitative estimate of drug-likeness (QED) is 0.182. The molecule has 0 aromatic heterocycles. The van der Waals surface area contributed by atoms with Crippen molar-refractivity contribution in [3.63, 3.8) is 0 Å². The number of carbonyl (C=O) groups excluding carboxylic acids is 1. The van der Waals surface area contributed by atoms with Gasteiger partial charge in [-0.15, -0.1) is 0 Å². The van der Waals surface area contributed by atoms with E-state index in [-0.39, 0.29) is 11.1 Å². The van der Waals surface area contributed by atoms with E-state index < -0.39 is 11.9 Å². The molecule has 1 aromatic carbocycles. The van der Waals surface area contributed by atoms with Gasteiger partial charge in [0.05, 0.1) is 11.1 Å². The molecule has 1 rings (SSSR count). The van der Waals surface area contributed by atoms with Crippen LogP contribution in [0, 0.1) is 0 Å². The summed E-state index contributed by atoms with van der Waals surface area (Å²) in [5.41, 5.74) is 0.436. The predicted octanol–water partition coefficient (Wildman–Crippen LogP) is 7.85. The summed E-state index contributed by atoms with van der Waals surface area (Å²) in [4.78, 5) is 33.6. The number of Topliss-reactive ketones (excluding diaryl/α,β-unsaturated/α-hetero) is 1. The number of aromatic carboxylic acids is 2. The van der Waals surface area contributed by atoms with E-state index in [4.69, 9.17) is 0 Å². The van der Waals surface area contributed by atoms with Gasteiger partial charge in [-0.1, -0.05) is 102 Å². The minimum Gasteiger partial charge on any atom is -0.478 e. The van der Waals surface area contributed by atoms with E-state index in [0.717, 1.165) is 32.1 Å². The van der Waals surface area contributed by atoms with Gasteiger partial charge in [-0.3, -0.25) is 0 Å². The molecule has 5 heteroatoms. The SMILES string of the molecule is CC(=O)CCCCCCCCCCCCCCCCCCc1cccc(C(=O)O)c1C(=O)O. The number of carboxylic acid groups (broad SMARTS) is 2. The highest BCUT2D eigenvalue weighted by Crippen LogP contribution is 2.19. The molecule has 0 atom stereocenters. The van der Waals surface area contributed by atoms with Crippen LogP contribution in [0.3, 0.4) is 0 Å². The van der Waals surface area contributed by atoms with Gasteiger partial charge < -0.3 is 15.0 Å². The molecule has 0 aliphatic heterocycles. The Kier molecular flexibility index (Phi) is 16.0. The van der Waals surface area contributed by atoms with Gasteiger partial charge in [-0.25, -0.2) is 9.59 Å². The van der Waals surface area contributed by atoms with Crippen LogP contribution in [0.2, 0.25) is 0 Å². The Morgan fingerprint density at radius 3 is 1.42 bits per heavy atom. The summed E-state index contributed by atoms with van der Waals surface area (Å²) in [6.45, 7) is 1.67. The van der Waals surface area contributed by atoms with Crippen molar-refractivity contribution in [1.29, 1.82) is 0 Å². The van der Waals surface area contributed by atoms with Gasteiger partial charge >= 0.3 is 11.9 Å². The van der Waals surface area contributed by atoms with Crippen molar-refractivity contribution in [2.75, 3.05) is 0 Å². The zero-order valence-corrected chi connectivity index (χ0v) is 20.6. The molecule has 0 fully saturated rings. The molecule has 0 bridgehead atoms. The fourth-order valence-corrected chi connectivity index (χ4v) is 4.40. The minimum absolute atomic E-state index is 0.0605. The molecule has 0 heterocycles. The fourth-order valence-electron chi connectivity index (χ4n) is 4.40. The topological polar surface area (TPSA) is 91.7 Å². The number of unbranched alkanes of at least 4 members (excludes halogenated alkanes) is 15. The Labute approximate surface area is 200 Å². The van der Waals surface area contributed by atoms with Gasteiger partial charge in [-0.2, -0.15) is 0 Å². The summed E-state index contributed by atoms with van der Waals surface area (Å²) in [5, 5.41) is 18.6. The highest BCUT2D eigenvalue weighted by molar-refractivity contribution is 6.02. The third-order valence-electron chi connectivity index (χ3n) is 6.32. The van der Waals surface area contributed by atoms with Crippen molar-refractivity contribution in [3.05, 3.63) is 34.9 Å². The van der Waals surface area contributed by atoms with Crippen molar-refractivity contribution in [1.82, 2.24) is 0 Å². The number of ketones is 1. The number of rotatable bonds is 21. The van der Waals surface area contributed by atoms with E-state index in [1.165, 1.54) is 83.1 Å². The first-order valence-corrected chi connectivity index (χ1v) is 13.0. The molecule has 0 amide bonds. The number of hydrogen-bond acceptors (Lipinski definition) is 3. The lowest BCUT2D eigenvalue weighted by Gasteiger charge is -2.09. The van der Waals surface area contributed by atoms with E-state index in [1.807, 2.05) is 0 Å². The van der Waals surface area contributed by atoms with Crippen LogP contribution in [0.5, 0.6) is 0 Å². The smallest absolute Gasteiger partial charge is 0.336 e. The third kappa shape index (κ3) is 13.9. The van der Waals surface area contributed by atoms with Gasteiger partial charge in [0.15, 0.2) is 0 Å². The van der Waals surface area contributed by atoms with Crippen LogP contribution in [-0.2, 0) is 11.2 Å². The second kappa shape index (κ2) is 18.3. The number of carboxylic acids is 2. The van der Waals surface area contributed by atoms with Crippen LogP contribution in [0.15, 0.2) is 18.2 Å². The first kappa shape index (κ1) is 28.9. The molecule has 0 saturated carbocycles. The van der Waals surface area contributed by atoms with Crippen molar-refractivity contribution in [2.45, 2.75) is 122 Å². The van der Waals surface area contributed by atoms with Crippen molar-refractivity contribution < 1.29 is 24.6 Å². The number of benzene rings is 1. The Hall–Kier alpha value is -2.17. The Morgan fingerprint density at radius 2 is 1.03 bits per heavy atom. The highest BCUT2D eigenvalue weighted by atomic mass is 16.4. The minimum atomic E-state index is -1.19. The zero-order chi connectivity index (χ0) is 24.3. The molecule has 2 N–H and O–H groups in total. The summed E-state index contributed by atoms with van der Waals surface area (Å²) in [7, 11) is 0. The van der Waals surface area contributed by atoms with Crippen LogP contribution in [0.4, 0.5) is 0 Å². The second-order valence-electron chi connectivity index (χ2n) is 9.31. The van der Waals surface area contributed by atoms with Crippen molar-refractivity contribution >= 4 is 17.7 Å². The van der Waals surface area contributed by atoms with Crippen molar-refractivity contribution in [2.24, 2.45) is 0 Å². The average Bonchev–Trinajstić information content (AvgIpc) is 2.77. The Morgan fingerprint density at radius 1 is 0.606 bits per heavy atom. The lowest BCUT2D eigenvalue weighted by molar-refractivity contribution is -0.117. The summed E-state index contributed by atoms with van der Waals surface area (Å²) in [6.07, 6.45) is 21.0. The lowest BCUT2D eigenvalue weighted by Crippen LogP contribution is -2.11. The molecular formula is C28H44O5. The summed E-state index contributed by atoms with van der Waals surface area (Å²) < 4.78 is 0. The van der Waals surface area contributed by atoms with Gasteiger partial charge in [0, 0.05) is 6.42 Å². The van der Waals surface area contributed by atoms with E-state index in [2.05, 4.69) is 0 Å².